The predicted octanol–water partition coefficient (Wildman–Crippen LogP) is 2.49. The lowest BCUT2D eigenvalue weighted by Gasteiger charge is -2.21. The molecule has 1 aliphatic heterocycles. The maximum absolute atomic E-state index is 12.6. The summed E-state index contributed by atoms with van der Waals surface area (Å²) >= 11 is 0. The second-order valence-corrected chi connectivity index (χ2v) is 7.63. The van der Waals surface area contributed by atoms with Gasteiger partial charge in [0.05, 0.1) is 0 Å². The van der Waals surface area contributed by atoms with E-state index >= 15 is 0 Å². The first kappa shape index (κ1) is 18.7. The summed E-state index contributed by atoms with van der Waals surface area (Å²) in [6.45, 7) is 4.62. The molecule has 142 valence electrons. The number of aliphatic imine (C=N–C) groups is 1. The first-order valence-electron chi connectivity index (χ1n) is 9.97. The summed E-state index contributed by atoms with van der Waals surface area (Å²) in [6, 6.07) is 8.95. The largest absolute Gasteiger partial charge is 0.356 e. The van der Waals surface area contributed by atoms with Gasteiger partial charge in [0.1, 0.15) is 0 Å². The van der Waals surface area contributed by atoms with Crippen LogP contribution in [0.2, 0.25) is 0 Å². The van der Waals surface area contributed by atoms with Crippen LogP contribution in [0.5, 0.6) is 0 Å². The first-order chi connectivity index (χ1) is 12.7. The summed E-state index contributed by atoms with van der Waals surface area (Å²) in [5.74, 6) is 1.48. The van der Waals surface area contributed by atoms with Crippen LogP contribution in [-0.2, 0) is 11.2 Å². The van der Waals surface area contributed by atoms with Crippen LogP contribution < -0.4 is 10.6 Å². The standard InChI is InChI=1S/C21H32N4O/c1-16-7-9-17(10-8-16)11-13-23-21(22-2)24-19-12-14-25(15-19)20(26)18-5-3-4-6-18/h7-10,18-19H,3-6,11-15H2,1-2H3,(H2,22,23,24). The van der Waals surface area contributed by atoms with E-state index in [1.807, 2.05) is 4.90 Å². The summed E-state index contributed by atoms with van der Waals surface area (Å²) in [5, 5.41) is 6.88. The number of nitrogens with zero attached hydrogens (tertiary/aromatic N) is 2. The highest BCUT2D eigenvalue weighted by Gasteiger charge is 2.32. The van der Waals surface area contributed by atoms with Crippen molar-refractivity contribution in [1.82, 2.24) is 15.5 Å². The van der Waals surface area contributed by atoms with Crippen LogP contribution in [0.15, 0.2) is 29.3 Å². The molecular formula is C21H32N4O. The Bertz CT molecular complexity index is 619. The summed E-state index contributed by atoms with van der Waals surface area (Å²) in [5.41, 5.74) is 2.62. The maximum Gasteiger partial charge on any atom is 0.225 e. The van der Waals surface area contributed by atoms with Gasteiger partial charge in [-0.05, 0) is 38.2 Å². The second-order valence-electron chi connectivity index (χ2n) is 7.63. The molecule has 1 saturated carbocycles. The number of carbonyl (C=O) groups excluding carboxylic acids is 1. The Balaban J connectivity index is 1.40. The van der Waals surface area contributed by atoms with Crippen LogP contribution in [0.25, 0.3) is 0 Å². The minimum absolute atomic E-state index is 0.278. The summed E-state index contributed by atoms with van der Waals surface area (Å²) in [7, 11) is 1.80. The Morgan fingerprint density at radius 2 is 1.92 bits per heavy atom. The molecule has 26 heavy (non-hydrogen) atoms. The van der Waals surface area contributed by atoms with Crippen molar-refractivity contribution in [2.24, 2.45) is 10.9 Å². The van der Waals surface area contributed by atoms with Gasteiger partial charge in [0.15, 0.2) is 5.96 Å². The molecule has 2 N–H and O–H groups in total. The number of rotatable bonds is 5. The fourth-order valence-electron chi connectivity index (χ4n) is 3.98. The SMILES string of the molecule is CN=C(NCCc1ccc(C)cc1)NC1CCN(C(=O)C2CCCC2)C1. The van der Waals surface area contributed by atoms with Crippen LogP contribution in [0, 0.1) is 12.8 Å². The van der Waals surface area contributed by atoms with Crippen molar-refractivity contribution >= 4 is 11.9 Å². The summed E-state index contributed by atoms with van der Waals surface area (Å²) in [4.78, 5) is 18.9. The van der Waals surface area contributed by atoms with Crippen LogP contribution in [0.4, 0.5) is 0 Å². The van der Waals surface area contributed by atoms with Crippen LogP contribution >= 0.6 is 0 Å². The fraction of sp³-hybridized carbons (Fsp3) is 0.619. The highest BCUT2D eigenvalue weighted by Crippen LogP contribution is 2.27. The number of amides is 1. The lowest BCUT2D eigenvalue weighted by atomic mass is 10.1. The molecule has 0 radical (unpaired) electrons. The molecule has 5 nitrogen and oxygen atoms in total. The molecule has 2 fully saturated rings. The topological polar surface area (TPSA) is 56.7 Å². The Hall–Kier alpha value is -2.04. The molecule has 0 aromatic heterocycles. The van der Waals surface area contributed by atoms with Gasteiger partial charge in [0.25, 0.3) is 0 Å². The van der Waals surface area contributed by atoms with Gasteiger partial charge in [-0.1, -0.05) is 42.7 Å². The third-order valence-electron chi connectivity index (χ3n) is 5.60. The molecule has 1 heterocycles. The average Bonchev–Trinajstić information content (AvgIpc) is 3.34. The molecular weight excluding hydrogens is 324 g/mol. The van der Waals surface area contributed by atoms with Gasteiger partial charge >= 0.3 is 0 Å². The smallest absolute Gasteiger partial charge is 0.225 e. The van der Waals surface area contributed by atoms with E-state index < -0.39 is 0 Å². The Labute approximate surface area is 157 Å². The van der Waals surface area contributed by atoms with Crippen LogP contribution in [0.3, 0.4) is 0 Å². The molecule has 5 heteroatoms. The average molecular weight is 357 g/mol. The van der Waals surface area contributed by atoms with E-state index in [1.165, 1.54) is 24.0 Å². The van der Waals surface area contributed by atoms with Crippen molar-refractivity contribution in [2.45, 2.75) is 51.5 Å². The van der Waals surface area contributed by atoms with Crippen molar-refractivity contribution in [3.8, 4) is 0 Å². The maximum atomic E-state index is 12.6. The number of aryl methyl sites for hydroxylation is 1. The number of guanidine groups is 1. The van der Waals surface area contributed by atoms with Gasteiger partial charge < -0.3 is 15.5 Å². The van der Waals surface area contributed by atoms with E-state index in [9.17, 15) is 4.79 Å². The number of carbonyl (C=O) groups is 1. The molecule has 1 amide bonds. The van der Waals surface area contributed by atoms with E-state index in [-0.39, 0.29) is 5.92 Å². The molecule has 3 rings (SSSR count). The summed E-state index contributed by atoms with van der Waals surface area (Å²) in [6.07, 6.45) is 6.55. The lowest BCUT2D eigenvalue weighted by molar-refractivity contribution is -0.134. The minimum atomic E-state index is 0.278. The van der Waals surface area contributed by atoms with Gasteiger partial charge in [0.2, 0.25) is 5.91 Å². The molecule has 1 atom stereocenters. The van der Waals surface area contributed by atoms with Crippen molar-refractivity contribution in [3.05, 3.63) is 35.4 Å². The molecule has 1 aliphatic carbocycles. The lowest BCUT2D eigenvalue weighted by Crippen LogP contribution is -2.45. The Kier molecular flexibility index (Phi) is 6.53. The fourth-order valence-corrected chi connectivity index (χ4v) is 3.98. The van der Waals surface area contributed by atoms with Gasteiger partial charge in [-0.15, -0.1) is 0 Å². The Morgan fingerprint density at radius 1 is 1.19 bits per heavy atom. The molecule has 1 unspecified atom stereocenters. The monoisotopic (exact) mass is 356 g/mol. The highest BCUT2D eigenvalue weighted by molar-refractivity contribution is 5.81. The second kappa shape index (κ2) is 9.06. The predicted molar refractivity (Wildman–Crippen MR) is 106 cm³/mol. The van der Waals surface area contributed by atoms with E-state index in [0.29, 0.717) is 11.9 Å². The highest BCUT2D eigenvalue weighted by atomic mass is 16.2. The zero-order chi connectivity index (χ0) is 18.4. The zero-order valence-corrected chi connectivity index (χ0v) is 16.1. The van der Waals surface area contributed by atoms with Gasteiger partial charge in [-0.3, -0.25) is 9.79 Å². The van der Waals surface area contributed by atoms with Crippen LogP contribution in [0.1, 0.15) is 43.2 Å². The van der Waals surface area contributed by atoms with Gasteiger partial charge in [-0.2, -0.15) is 0 Å². The number of hydrogen-bond acceptors (Lipinski definition) is 2. The molecule has 2 aliphatic rings. The first-order valence-corrected chi connectivity index (χ1v) is 9.97. The van der Waals surface area contributed by atoms with E-state index in [0.717, 1.165) is 51.3 Å². The third-order valence-corrected chi connectivity index (χ3v) is 5.60. The van der Waals surface area contributed by atoms with Crippen molar-refractivity contribution in [1.29, 1.82) is 0 Å². The van der Waals surface area contributed by atoms with E-state index in [2.05, 4.69) is 46.8 Å². The zero-order valence-electron chi connectivity index (χ0n) is 16.1. The number of likely N-dealkylation sites (tertiary alicyclic amines) is 1. The molecule has 0 spiro atoms. The number of nitrogens with one attached hydrogen (secondary N) is 2. The van der Waals surface area contributed by atoms with Crippen molar-refractivity contribution in [3.63, 3.8) is 0 Å². The molecule has 0 bridgehead atoms. The quantitative estimate of drug-likeness (QED) is 0.629. The van der Waals surface area contributed by atoms with E-state index in [4.69, 9.17) is 0 Å². The number of benzene rings is 1. The normalized spacial score (nSPS) is 21.2. The third kappa shape index (κ3) is 4.99. The van der Waals surface area contributed by atoms with Gasteiger partial charge in [-0.25, -0.2) is 0 Å². The number of hydrogen-bond donors (Lipinski definition) is 2. The molecule has 1 aromatic carbocycles. The van der Waals surface area contributed by atoms with Crippen molar-refractivity contribution < 1.29 is 4.79 Å². The van der Waals surface area contributed by atoms with Gasteiger partial charge in [0, 0.05) is 38.6 Å². The minimum Gasteiger partial charge on any atom is -0.356 e. The van der Waals surface area contributed by atoms with E-state index in [1.54, 1.807) is 7.05 Å². The summed E-state index contributed by atoms with van der Waals surface area (Å²) < 4.78 is 0. The Morgan fingerprint density at radius 3 is 2.62 bits per heavy atom. The molecule has 1 aromatic rings. The van der Waals surface area contributed by atoms with Crippen molar-refractivity contribution in [2.75, 3.05) is 26.7 Å². The molecule has 1 saturated heterocycles. The van der Waals surface area contributed by atoms with Crippen LogP contribution in [-0.4, -0.2) is 49.5 Å².